The van der Waals surface area contributed by atoms with Crippen molar-refractivity contribution in [3.63, 3.8) is 0 Å². The molecule has 1 atom stereocenters. The highest BCUT2D eigenvalue weighted by Gasteiger charge is 2.30. The molecule has 0 aliphatic carbocycles. The second-order valence-corrected chi connectivity index (χ2v) is 7.18. The van der Waals surface area contributed by atoms with E-state index in [0.717, 1.165) is 31.4 Å². The third-order valence-electron chi connectivity index (χ3n) is 5.05. The first-order chi connectivity index (χ1) is 13.7. The number of nitrogens with one attached hydrogen (secondary N) is 1. The highest BCUT2D eigenvalue weighted by Crippen LogP contribution is 2.30. The van der Waals surface area contributed by atoms with Gasteiger partial charge in [0.2, 0.25) is 0 Å². The van der Waals surface area contributed by atoms with Crippen LogP contribution in [-0.4, -0.2) is 29.7 Å². The molecule has 4 nitrogen and oxygen atoms in total. The SMILES string of the molecule is CCCCCN1N=C(C(=O)NCCc2ccc(F)cc2)CC1c1ccccc1. The lowest BCUT2D eigenvalue weighted by Gasteiger charge is -2.23. The van der Waals surface area contributed by atoms with Crippen LogP contribution in [0.1, 0.15) is 49.8 Å². The number of carbonyl (C=O) groups excluding carboxylic acids is 1. The first-order valence-corrected chi connectivity index (χ1v) is 10.1. The Morgan fingerprint density at radius 1 is 1.14 bits per heavy atom. The molecule has 1 aliphatic heterocycles. The Bertz CT molecular complexity index is 789. The quantitative estimate of drug-likeness (QED) is 0.651. The van der Waals surface area contributed by atoms with E-state index in [2.05, 4.69) is 34.5 Å². The van der Waals surface area contributed by atoms with E-state index in [1.165, 1.54) is 17.7 Å². The van der Waals surface area contributed by atoms with Crippen molar-refractivity contribution in [2.75, 3.05) is 13.1 Å². The number of hydrazone groups is 1. The second-order valence-electron chi connectivity index (χ2n) is 7.18. The van der Waals surface area contributed by atoms with E-state index in [4.69, 9.17) is 0 Å². The third kappa shape index (κ3) is 5.41. The Labute approximate surface area is 166 Å². The zero-order valence-electron chi connectivity index (χ0n) is 16.4. The topological polar surface area (TPSA) is 44.7 Å². The minimum Gasteiger partial charge on any atom is -0.351 e. The van der Waals surface area contributed by atoms with E-state index < -0.39 is 0 Å². The first-order valence-electron chi connectivity index (χ1n) is 10.1. The monoisotopic (exact) mass is 381 g/mol. The fraction of sp³-hybridized carbons (Fsp3) is 0.391. The Morgan fingerprint density at radius 2 is 1.89 bits per heavy atom. The summed E-state index contributed by atoms with van der Waals surface area (Å²) >= 11 is 0. The molecule has 0 aromatic heterocycles. The smallest absolute Gasteiger partial charge is 0.267 e. The second kappa shape index (κ2) is 10.0. The van der Waals surface area contributed by atoms with Crippen LogP contribution in [0.2, 0.25) is 0 Å². The standard InChI is InChI=1S/C23H28FN3O/c1-2-3-7-16-27-22(19-8-5-4-6-9-19)17-21(26-27)23(28)25-15-14-18-10-12-20(24)13-11-18/h4-6,8-13,22H,2-3,7,14-17H2,1H3,(H,25,28). The summed E-state index contributed by atoms with van der Waals surface area (Å²) in [6.45, 7) is 3.55. The van der Waals surface area contributed by atoms with Crippen molar-refractivity contribution >= 4 is 11.6 Å². The molecule has 0 saturated heterocycles. The molecule has 28 heavy (non-hydrogen) atoms. The van der Waals surface area contributed by atoms with Crippen LogP contribution in [0.5, 0.6) is 0 Å². The maximum Gasteiger partial charge on any atom is 0.267 e. The van der Waals surface area contributed by atoms with E-state index in [1.807, 2.05) is 18.2 Å². The summed E-state index contributed by atoms with van der Waals surface area (Å²) in [4.78, 5) is 12.6. The van der Waals surface area contributed by atoms with Gasteiger partial charge in [0, 0.05) is 19.5 Å². The largest absolute Gasteiger partial charge is 0.351 e. The van der Waals surface area contributed by atoms with E-state index >= 15 is 0 Å². The van der Waals surface area contributed by atoms with Gasteiger partial charge in [-0.05, 0) is 36.1 Å². The van der Waals surface area contributed by atoms with Gasteiger partial charge < -0.3 is 5.32 Å². The average Bonchev–Trinajstić information content (AvgIpc) is 3.15. The lowest BCUT2D eigenvalue weighted by Crippen LogP contribution is -2.32. The number of hydrogen-bond donors (Lipinski definition) is 1. The molecule has 2 aromatic rings. The summed E-state index contributed by atoms with van der Waals surface area (Å²) in [6, 6.07) is 16.8. The van der Waals surface area contributed by atoms with Gasteiger partial charge in [-0.1, -0.05) is 62.2 Å². The van der Waals surface area contributed by atoms with Crippen molar-refractivity contribution in [1.29, 1.82) is 0 Å². The van der Waals surface area contributed by atoms with Gasteiger partial charge in [-0.2, -0.15) is 5.10 Å². The predicted molar refractivity (Wildman–Crippen MR) is 111 cm³/mol. The van der Waals surface area contributed by atoms with Crippen molar-refractivity contribution in [3.05, 3.63) is 71.5 Å². The molecule has 1 amide bonds. The summed E-state index contributed by atoms with van der Waals surface area (Å²) in [7, 11) is 0. The highest BCUT2D eigenvalue weighted by atomic mass is 19.1. The maximum absolute atomic E-state index is 13.0. The number of rotatable bonds is 9. The average molecular weight is 381 g/mol. The van der Waals surface area contributed by atoms with E-state index in [-0.39, 0.29) is 17.8 Å². The molecule has 0 fully saturated rings. The summed E-state index contributed by atoms with van der Waals surface area (Å²) in [5, 5.41) is 9.67. The van der Waals surface area contributed by atoms with Crippen molar-refractivity contribution in [2.24, 2.45) is 5.10 Å². The number of amides is 1. The molecule has 148 valence electrons. The lowest BCUT2D eigenvalue weighted by molar-refractivity contribution is -0.114. The van der Waals surface area contributed by atoms with Gasteiger partial charge in [0.15, 0.2) is 0 Å². The van der Waals surface area contributed by atoms with Crippen LogP contribution in [-0.2, 0) is 11.2 Å². The van der Waals surface area contributed by atoms with E-state index in [1.54, 1.807) is 12.1 Å². The first kappa shape index (κ1) is 20.1. The Hall–Kier alpha value is -2.69. The van der Waals surface area contributed by atoms with E-state index in [9.17, 15) is 9.18 Å². The number of hydrogen-bond acceptors (Lipinski definition) is 3. The van der Waals surface area contributed by atoms with Crippen molar-refractivity contribution in [1.82, 2.24) is 10.3 Å². The van der Waals surface area contributed by atoms with Gasteiger partial charge >= 0.3 is 0 Å². The molecule has 0 bridgehead atoms. The molecule has 1 unspecified atom stereocenters. The minimum absolute atomic E-state index is 0.110. The molecule has 1 heterocycles. The molecule has 5 heteroatoms. The summed E-state index contributed by atoms with van der Waals surface area (Å²) in [5.41, 5.74) is 2.78. The molecule has 2 aromatic carbocycles. The minimum atomic E-state index is -0.247. The molecule has 1 aliphatic rings. The van der Waals surface area contributed by atoms with Crippen LogP contribution in [0.3, 0.4) is 0 Å². The number of carbonyl (C=O) groups is 1. The number of nitrogens with zero attached hydrogens (tertiary/aromatic N) is 2. The van der Waals surface area contributed by atoms with Gasteiger partial charge in [0.25, 0.3) is 5.91 Å². The van der Waals surface area contributed by atoms with E-state index in [0.29, 0.717) is 25.1 Å². The van der Waals surface area contributed by atoms with Crippen LogP contribution in [0, 0.1) is 5.82 Å². The van der Waals surface area contributed by atoms with Crippen molar-refractivity contribution in [3.8, 4) is 0 Å². The predicted octanol–water partition coefficient (Wildman–Crippen LogP) is 4.48. The Morgan fingerprint density at radius 3 is 2.61 bits per heavy atom. The normalized spacial score (nSPS) is 16.1. The Kier molecular flexibility index (Phi) is 7.18. The molecule has 0 spiro atoms. The number of unbranched alkanes of at least 4 members (excludes halogenated alkanes) is 2. The molecule has 0 radical (unpaired) electrons. The molecule has 3 rings (SSSR count). The van der Waals surface area contributed by atoms with Crippen molar-refractivity contribution in [2.45, 2.75) is 45.1 Å². The van der Waals surface area contributed by atoms with Crippen molar-refractivity contribution < 1.29 is 9.18 Å². The fourth-order valence-corrected chi connectivity index (χ4v) is 3.46. The van der Waals surface area contributed by atoms with Crippen LogP contribution >= 0.6 is 0 Å². The number of halogens is 1. The Balaban J connectivity index is 1.58. The van der Waals surface area contributed by atoms with Crippen LogP contribution in [0.25, 0.3) is 0 Å². The summed E-state index contributed by atoms with van der Waals surface area (Å²) < 4.78 is 13.0. The van der Waals surface area contributed by atoms with Gasteiger partial charge in [-0.15, -0.1) is 0 Å². The van der Waals surface area contributed by atoms with Crippen LogP contribution in [0.4, 0.5) is 4.39 Å². The maximum atomic E-state index is 13.0. The molecular formula is C23H28FN3O. The lowest BCUT2D eigenvalue weighted by atomic mass is 10.0. The third-order valence-corrected chi connectivity index (χ3v) is 5.05. The summed E-state index contributed by atoms with van der Waals surface area (Å²) in [6.07, 6.45) is 4.68. The zero-order valence-corrected chi connectivity index (χ0v) is 16.4. The highest BCUT2D eigenvalue weighted by molar-refractivity contribution is 6.39. The number of benzene rings is 2. The van der Waals surface area contributed by atoms with Gasteiger partial charge in [0.1, 0.15) is 11.5 Å². The molecular weight excluding hydrogens is 353 g/mol. The van der Waals surface area contributed by atoms with Gasteiger partial charge in [-0.25, -0.2) is 4.39 Å². The van der Waals surface area contributed by atoms with Crippen LogP contribution in [0.15, 0.2) is 59.7 Å². The van der Waals surface area contributed by atoms with Gasteiger partial charge in [-0.3, -0.25) is 9.80 Å². The zero-order chi connectivity index (χ0) is 19.8. The van der Waals surface area contributed by atoms with Crippen LogP contribution < -0.4 is 5.32 Å². The molecule has 0 saturated carbocycles. The summed E-state index contributed by atoms with van der Waals surface area (Å²) in [5.74, 6) is -0.357. The molecule has 1 N–H and O–H groups in total. The fourth-order valence-electron chi connectivity index (χ4n) is 3.46. The van der Waals surface area contributed by atoms with Gasteiger partial charge in [0.05, 0.1) is 6.04 Å².